The highest BCUT2D eigenvalue weighted by atomic mass is 16.6. The Labute approximate surface area is 85.5 Å². The van der Waals surface area contributed by atoms with E-state index in [0.717, 1.165) is 6.42 Å². The summed E-state index contributed by atoms with van der Waals surface area (Å²) in [5.74, 6) is -1.02. The number of hydrogen-bond acceptors (Lipinski definition) is 2. The lowest BCUT2D eigenvalue weighted by Gasteiger charge is -2.17. The second-order valence-electron chi connectivity index (χ2n) is 4.03. The Kier molecular flexibility index (Phi) is 3.67. The zero-order valence-electron chi connectivity index (χ0n) is 9.08. The van der Waals surface area contributed by atoms with Gasteiger partial charge in [0.1, 0.15) is 0 Å². The summed E-state index contributed by atoms with van der Waals surface area (Å²) in [6.07, 6.45) is 0.838. The van der Waals surface area contributed by atoms with Crippen LogP contribution >= 0.6 is 0 Å². The lowest BCUT2D eigenvalue weighted by molar-refractivity contribution is -0.175. The Morgan fingerprint density at radius 2 is 1.79 bits per heavy atom. The van der Waals surface area contributed by atoms with Crippen molar-refractivity contribution in [3.8, 4) is 0 Å². The first kappa shape index (κ1) is 11.2. The maximum Gasteiger partial charge on any atom is 0.159 e. The van der Waals surface area contributed by atoms with Crippen molar-refractivity contribution in [1.29, 1.82) is 0 Å². The Hall–Kier alpha value is -0.860. The molecule has 78 valence electrons. The third-order valence-corrected chi connectivity index (χ3v) is 1.97. The van der Waals surface area contributed by atoms with Crippen LogP contribution in [-0.4, -0.2) is 17.5 Å². The van der Waals surface area contributed by atoms with Gasteiger partial charge in [-0.2, -0.15) is 0 Å². The quantitative estimate of drug-likeness (QED) is 0.745. The zero-order chi connectivity index (χ0) is 10.6. The van der Waals surface area contributed by atoms with Gasteiger partial charge in [-0.05, 0) is 32.8 Å². The highest BCUT2D eigenvalue weighted by Crippen LogP contribution is 2.07. The van der Waals surface area contributed by atoms with Crippen molar-refractivity contribution in [2.75, 3.05) is 6.61 Å². The summed E-state index contributed by atoms with van der Waals surface area (Å²) in [6, 6.07) is 8.34. The summed E-state index contributed by atoms with van der Waals surface area (Å²) in [7, 11) is 0. The molecule has 14 heavy (non-hydrogen) atoms. The number of benzene rings is 1. The van der Waals surface area contributed by atoms with Crippen molar-refractivity contribution in [3.63, 3.8) is 0 Å². The molecule has 0 bridgehead atoms. The van der Waals surface area contributed by atoms with Crippen molar-refractivity contribution in [2.45, 2.75) is 33.0 Å². The summed E-state index contributed by atoms with van der Waals surface area (Å²) < 4.78 is 5.22. The second-order valence-corrected chi connectivity index (χ2v) is 4.03. The van der Waals surface area contributed by atoms with Gasteiger partial charge in [0.2, 0.25) is 0 Å². The van der Waals surface area contributed by atoms with Crippen molar-refractivity contribution >= 4 is 0 Å². The van der Waals surface area contributed by atoms with E-state index in [9.17, 15) is 5.11 Å². The molecule has 0 fully saturated rings. The van der Waals surface area contributed by atoms with E-state index < -0.39 is 5.79 Å². The molecule has 0 aromatic heterocycles. The molecule has 1 aromatic carbocycles. The van der Waals surface area contributed by atoms with Gasteiger partial charge < -0.3 is 9.84 Å². The van der Waals surface area contributed by atoms with Crippen molar-refractivity contribution in [3.05, 3.63) is 35.4 Å². The van der Waals surface area contributed by atoms with Crippen LogP contribution in [0.15, 0.2) is 24.3 Å². The first-order valence-electron chi connectivity index (χ1n) is 4.89. The minimum Gasteiger partial charge on any atom is -0.366 e. The van der Waals surface area contributed by atoms with Gasteiger partial charge >= 0.3 is 0 Å². The van der Waals surface area contributed by atoms with Crippen LogP contribution in [0.3, 0.4) is 0 Å². The van der Waals surface area contributed by atoms with E-state index in [0.29, 0.717) is 6.61 Å². The second kappa shape index (κ2) is 4.58. The predicted molar refractivity (Wildman–Crippen MR) is 57.1 cm³/mol. The molecule has 1 aromatic rings. The zero-order valence-corrected chi connectivity index (χ0v) is 9.08. The molecule has 0 aliphatic rings. The van der Waals surface area contributed by atoms with Crippen molar-refractivity contribution < 1.29 is 9.84 Å². The predicted octanol–water partition coefficient (Wildman–Crippen LogP) is 2.28. The van der Waals surface area contributed by atoms with Gasteiger partial charge in [0.05, 0.1) is 6.61 Å². The van der Waals surface area contributed by atoms with Crippen LogP contribution in [0.1, 0.15) is 25.0 Å². The Morgan fingerprint density at radius 1 is 1.21 bits per heavy atom. The van der Waals surface area contributed by atoms with Gasteiger partial charge in [0, 0.05) is 0 Å². The molecule has 1 rings (SSSR count). The fraction of sp³-hybridized carbons (Fsp3) is 0.500. The maximum absolute atomic E-state index is 9.32. The smallest absolute Gasteiger partial charge is 0.159 e. The SMILES string of the molecule is Cc1ccc(CCOC(C)(C)O)cc1. The number of hydrogen-bond donors (Lipinski definition) is 1. The minimum absolute atomic E-state index is 0.548. The molecule has 0 unspecified atom stereocenters. The molecule has 0 amide bonds. The minimum atomic E-state index is -1.02. The van der Waals surface area contributed by atoms with Crippen LogP contribution in [0, 0.1) is 6.92 Å². The molecular weight excluding hydrogens is 176 g/mol. The van der Waals surface area contributed by atoms with Crippen LogP contribution in [0.25, 0.3) is 0 Å². The van der Waals surface area contributed by atoms with E-state index in [1.54, 1.807) is 13.8 Å². The average Bonchev–Trinajstić information content (AvgIpc) is 2.06. The van der Waals surface area contributed by atoms with E-state index in [-0.39, 0.29) is 0 Å². The molecule has 0 aliphatic heterocycles. The Morgan fingerprint density at radius 3 is 2.29 bits per heavy atom. The molecule has 1 N–H and O–H groups in total. The van der Waals surface area contributed by atoms with Crippen molar-refractivity contribution in [2.24, 2.45) is 0 Å². The number of ether oxygens (including phenoxy) is 1. The molecule has 0 radical (unpaired) electrons. The molecule has 2 nitrogen and oxygen atoms in total. The third kappa shape index (κ3) is 4.40. The van der Waals surface area contributed by atoms with Crippen LogP contribution < -0.4 is 0 Å². The van der Waals surface area contributed by atoms with Gasteiger partial charge in [-0.25, -0.2) is 0 Å². The summed E-state index contributed by atoms with van der Waals surface area (Å²) in [6.45, 7) is 5.90. The van der Waals surface area contributed by atoms with Crippen LogP contribution in [-0.2, 0) is 11.2 Å². The van der Waals surface area contributed by atoms with Gasteiger partial charge in [-0.15, -0.1) is 0 Å². The fourth-order valence-electron chi connectivity index (χ4n) is 1.17. The van der Waals surface area contributed by atoms with E-state index in [1.165, 1.54) is 11.1 Å². The van der Waals surface area contributed by atoms with Gasteiger partial charge in [0.25, 0.3) is 0 Å². The lowest BCUT2D eigenvalue weighted by Crippen LogP contribution is -2.24. The molecular formula is C12H18O2. The summed E-state index contributed by atoms with van der Waals surface area (Å²) in [5, 5.41) is 9.32. The summed E-state index contributed by atoms with van der Waals surface area (Å²) in [4.78, 5) is 0. The van der Waals surface area contributed by atoms with Crippen LogP contribution in [0.5, 0.6) is 0 Å². The number of rotatable bonds is 4. The standard InChI is InChI=1S/C12H18O2/c1-10-4-6-11(7-5-10)8-9-14-12(2,3)13/h4-7,13H,8-9H2,1-3H3. The van der Waals surface area contributed by atoms with Gasteiger partial charge in [-0.3, -0.25) is 0 Å². The van der Waals surface area contributed by atoms with Gasteiger partial charge in [-0.1, -0.05) is 29.8 Å². The normalized spacial score (nSPS) is 11.7. The Bertz CT molecular complexity index is 269. The monoisotopic (exact) mass is 194 g/mol. The highest BCUT2D eigenvalue weighted by molar-refractivity contribution is 5.21. The summed E-state index contributed by atoms with van der Waals surface area (Å²) in [5.41, 5.74) is 2.50. The largest absolute Gasteiger partial charge is 0.366 e. The van der Waals surface area contributed by atoms with Crippen molar-refractivity contribution in [1.82, 2.24) is 0 Å². The summed E-state index contributed by atoms with van der Waals surface area (Å²) >= 11 is 0. The van der Waals surface area contributed by atoms with E-state index in [2.05, 4.69) is 31.2 Å². The average molecular weight is 194 g/mol. The van der Waals surface area contributed by atoms with Gasteiger partial charge in [0.15, 0.2) is 5.79 Å². The third-order valence-electron chi connectivity index (χ3n) is 1.97. The number of aryl methyl sites for hydroxylation is 1. The maximum atomic E-state index is 9.32. The first-order chi connectivity index (χ1) is 6.47. The van der Waals surface area contributed by atoms with E-state index in [1.807, 2.05) is 0 Å². The number of aliphatic hydroxyl groups is 1. The molecule has 0 saturated carbocycles. The Balaban J connectivity index is 2.35. The fourth-order valence-corrected chi connectivity index (χ4v) is 1.17. The highest BCUT2D eigenvalue weighted by Gasteiger charge is 2.11. The molecule has 0 saturated heterocycles. The van der Waals surface area contributed by atoms with E-state index >= 15 is 0 Å². The topological polar surface area (TPSA) is 29.5 Å². The van der Waals surface area contributed by atoms with Crippen LogP contribution in [0.2, 0.25) is 0 Å². The molecule has 0 spiro atoms. The van der Waals surface area contributed by atoms with Crippen LogP contribution in [0.4, 0.5) is 0 Å². The molecule has 0 atom stereocenters. The first-order valence-corrected chi connectivity index (χ1v) is 4.89. The molecule has 0 aliphatic carbocycles. The molecule has 2 heteroatoms. The van der Waals surface area contributed by atoms with E-state index in [4.69, 9.17) is 4.74 Å². The lowest BCUT2D eigenvalue weighted by atomic mass is 10.1. The molecule has 0 heterocycles.